The molecule has 0 bridgehead atoms. The lowest BCUT2D eigenvalue weighted by molar-refractivity contribution is -0.0217. The second-order valence-corrected chi connectivity index (χ2v) is 8.33. The molecule has 0 aliphatic heterocycles. The van der Waals surface area contributed by atoms with Crippen LogP contribution in [0, 0.1) is 10.8 Å². The Morgan fingerprint density at radius 2 is 1.26 bits per heavy atom. The van der Waals surface area contributed by atoms with Gasteiger partial charge in [0.05, 0.1) is 5.60 Å². The van der Waals surface area contributed by atoms with E-state index >= 15 is 0 Å². The molecule has 0 saturated heterocycles. The van der Waals surface area contributed by atoms with E-state index in [1.807, 2.05) is 0 Å². The summed E-state index contributed by atoms with van der Waals surface area (Å²) in [5.41, 5.74) is 0.963. The van der Waals surface area contributed by atoms with Crippen molar-refractivity contribution in [2.24, 2.45) is 10.8 Å². The van der Waals surface area contributed by atoms with E-state index < -0.39 is 0 Å². The van der Waals surface area contributed by atoms with Gasteiger partial charge in [-0.3, -0.25) is 0 Å². The molecular weight excluding hydrogens is 232 g/mol. The van der Waals surface area contributed by atoms with Crippen molar-refractivity contribution in [3.63, 3.8) is 0 Å². The van der Waals surface area contributed by atoms with Crippen LogP contribution in [0.2, 0.25) is 0 Å². The fraction of sp³-hybridized carbons (Fsp3) is 1.00. The van der Waals surface area contributed by atoms with Gasteiger partial charge in [-0.15, -0.1) is 0 Å². The van der Waals surface area contributed by atoms with Crippen LogP contribution in [0.5, 0.6) is 0 Å². The van der Waals surface area contributed by atoms with Gasteiger partial charge in [0.15, 0.2) is 0 Å². The molecular formula is C18H38O. The lowest BCUT2D eigenvalue weighted by Gasteiger charge is -2.34. The zero-order chi connectivity index (χ0) is 15.2. The van der Waals surface area contributed by atoms with Crippen molar-refractivity contribution < 1.29 is 4.74 Å². The average molecular weight is 271 g/mol. The highest BCUT2D eigenvalue weighted by Gasteiger charge is 2.27. The SMILES string of the molecule is CCC(CC)(CCCC(C)(C)C)CCOC(C)(C)C. The van der Waals surface area contributed by atoms with Crippen LogP contribution in [0.25, 0.3) is 0 Å². The van der Waals surface area contributed by atoms with E-state index in [0.717, 1.165) is 6.61 Å². The van der Waals surface area contributed by atoms with Crippen LogP contribution in [0.4, 0.5) is 0 Å². The monoisotopic (exact) mass is 270 g/mol. The third kappa shape index (κ3) is 9.49. The Morgan fingerprint density at radius 3 is 1.63 bits per heavy atom. The third-order valence-corrected chi connectivity index (χ3v) is 4.30. The van der Waals surface area contributed by atoms with E-state index in [1.165, 1.54) is 38.5 Å². The molecule has 0 aromatic carbocycles. The minimum atomic E-state index is -0.00136. The fourth-order valence-electron chi connectivity index (χ4n) is 2.65. The molecule has 0 atom stereocenters. The predicted octanol–water partition coefficient (Wildman–Crippen LogP) is 6.21. The van der Waals surface area contributed by atoms with Crippen LogP contribution >= 0.6 is 0 Å². The van der Waals surface area contributed by atoms with Gasteiger partial charge < -0.3 is 4.74 Å². The Labute approximate surface area is 122 Å². The van der Waals surface area contributed by atoms with Crippen LogP contribution in [-0.2, 0) is 4.74 Å². The highest BCUT2D eigenvalue weighted by atomic mass is 16.5. The van der Waals surface area contributed by atoms with E-state index in [4.69, 9.17) is 4.74 Å². The van der Waals surface area contributed by atoms with Crippen molar-refractivity contribution in [3.05, 3.63) is 0 Å². The molecule has 0 heterocycles. The molecule has 0 aliphatic carbocycles. The first-order chi connectivity index (χ1) is 8.54. The first-order valence-corrected chi connectivity index (χ1v) is 8.17. The smallest absolute Gasteiger partial charge is 0.0598 e. The lowest BCUT2D eigenvalue weighted by atomic mass is 9.74. The highest BCUT2D eigenvalue weighted by Crippen LogP contribution is 2.38. The molecule has 0 aliphatic rings. The van der Waals surface area contributed by atoms with Crippen LogP contribution in [0.3, 0.4) is 0 Å². The van der Waals surface area contributed by atoms with Crippen molar-refractivity contribution in [1.29, 1.82) is 0 Å². The van der Waals surface area contributed by atoms with Gasteiger partial charge in [0, 0.05) is 6.61 Å². The average Bonchev–Trinajstić information content (AvgIpc) is 2.24. The Morgan fingerprint density at radius 1 is 0.737 bits per heavy atom. The van der Waals surface area contributed by atoms with Crippen molar-refractivity contribution in [3.8, 4) is 0 Å². The van der Waals surface area contributed by atoms with Crippen LogP contribution in [0.1, 0.15) is 93.9 Å². The van der Waals surface area contributed by atoms with Gasteiger partial charge in [-0.1, -0.05) is 53.9 Å². The number of hydrogen-bond acceptors (Lipinski definition) is 1. The third-order valence-electron chi connectivity index (χ3n) is 4.30. The second kappa shape index (κ2) is 7.67. The normalized spacial score (nSPS) is 13.9. The summed E-state index contributed by atoms with van der Waals surface area (Å²) >= 11 is 0. The summed E-state index contributed by atoms with van der Waals surface area (Å²) in [5.74, 6) is 0. The molecule has 0 aromatic rings. The molecule has 1 nitrogen and oxygen atoms in total. The van der Waals surface area contributed by atoms with Crippen molar-refractivity contribution in [2.75, 3.05) is 6.61 Å². The van der Waals surface area contributed by atoms with Gasteiger partial charge in [-0.2, -0.15) is 0 Å². The summed E-state index contributed by atoms with van der Waals surface area (Å²) in [7, 11) is 0. The van der Waals surface area contributed by atoms with E-state index in [-0.39, 0.29) is 5.60 Å². The van der Waals surface area contributed by atoms with E-state index in [0.29, 0.717) is 10.8 Å². The van der Waals surface area contributed by atoms with E-state index in [2.05, 4.69) is 55.4 Å². The maximum atomic E-state index is 5.94. The van der Waals surface area contributed by atoms with Gasteiger partial charge in [-0.25, -0.2) is 0 Å². The Bertz CT molecular complexity index is 203. The molecule has 0 saturated carbocycles. The molecule has 0 fully saturated rings. The minimum absolute atomic E-state index is 0.00136. The predicted molar refractivity (Wildman–Crippen MR) is 86.6 cm³/mol. The molecule has 0 radical (unpaired) electrons. The number of hydrogen-bond donors (Lipinski definition) is 0. The molecule has 0 amide bonds. The summed E-state index contributed by atoms with van der Waals surface area (Å²) in [5, 5.41) is 0. The Hall–Kier alpha value is -0.0400. The standard InChI is InChI=1S/C18H38O/c1-9-18(10-2,13-11-12-16(3,4)5)14-15-19-17(6,7)8/h9-15H2,1-8H3. The minimum Gasteiger partial charge on any atom is -0.376 e. The molecule has 0 spiro atoms. The largest absolute Gasteiger partial charge is 0.376 e. The van der Waals surface area contributed by atoms with Crippen molar-refractivity contribution in [1.82, 2.24) is 0 Å². The second-order valence-electron chi connectivity index (χ2n) is 8.33. The molecule has 0 rings (SSSR count). The molecule has 0 unspecified atom stereocenters. The van der Waals surface area contributed by atoms with Crippen LogP contribution < -0.4 is 0 Å². The molecule has 0 aromatic heterocycles. The van der Waals surface area contributed by atoms with Gasteiger partial charge >= 0.3 is 0 Å². The Kier molecular flexibility index (Phi) is 7.65. The zero-order valence-corrected chi connectivity index (χ0v) is 14.9. The van der Waals surface area contributed by atoms with Gasteiger partial charge in [0.1, 0.15) is 0 Å². The fourth-order valence-corrected chi connectivity index (χ4v) is 2.65. The lowest BCUT2D eigenvalue weighted by Crippen LogP contribution is -2.26. The number of ether oxygens (including phenoxy) is 1. The van der Waals surface area contributed by atoms with E-state index in [1.54, 1.807) is 0 Å². The summed E-state index contributed by atoms with van der Waals surface area (Å²) in [6.45, 7) is 19.1. The van der Waals surface area contributed by atoms with Gasteiger partial charge in [-0.05, 0) is 50.9 Å². The summed E-state index contributed by atoms with van der Waals surface area (Å²) in [6, 6.07) is 0. The molecule has 0 N–H and O–H groups in total. The van der Waals surface area contributed by atoms with E-state index in [9.17, 15) is 0 Å². The van der Waals surface area contributed by atoms with Crippen LogP contribution in [-0.4, -0.2) is 12.2 Å². The maximum Gasteiger partial charge on any atom is 0.0598 e. The van der Waals surface area contributed by atoms with Gasteiger partial charge in [0.25, 0.3) is 0 Å². The van der Waals surface area contributed by atoms with Crippen molar-refractivity contribution in [2.45, 2.75) is 99.5 Å². The first kappa shape index (κ1) is 19.0. The summed E-state index contributed by atoms with van der Waals surface area (Å²) in [6.07, 6.45) is 7.80. The zero-order valence-electron chi connectivity index (χ0n) is 14.9. The molecule has 19 heavy (non-hydrogen) atoms. The van der Waals surface area contributed by atoms with Crippen LogP contribution in [0.15, 0.2) is 0 Å². The summed E-state index contributed by atoms with van der Waals surface area (Å²) < 4.78 is 5.94. The highest BCUT2D eigenvalue weighted by molar-refractivity contribution is 4.78. The van der Waals surface area contributed by atoms with Crippen molar-refractivity contribution >= 4 is 0 Å². The molecule has 116 valence electrons. The number of rotatable bonds is 8. The first-order valence-electron chi connectivity index (χ1n) is 8.17. The summed E-state index contributed by atoms with van der Waals surface area (Å²) in [4.78, 5) is 0. The topological polar surface area (TPSA) is 9.23 Å². The molecule has 1 heteroatoms. The quantitative estimate of drug-likeness (QED) is 0.509. The Balaban J connectivity index is 4.26. The van der Waals surface area contributed by atoms with Gasteiger partial charge in [0.2, 0.25) is 0 Å². The maximum absolute atomic E-state index is 5.94.